The SMILES string of the molecule is Cc1nsc(NCC2C(C)(C)C2(C)C)n1. The van der Waals surface area contributed by atoms with E-state index in [0.29, 0.717) is 10.8 Å². The van der Waals surface area contributed by atoms with Gasteiger partial charge >= 0.3 is 0 Å². The molecule has 1 saturated carbocycles. The van der Waals surface area contributed by atoms with Crippen LogP contribution in [0.15, 0.2) is 0 Å². The van der Waals surface area contributed by atoms with Gasteiger partial charge < -0.3 is 5.32 Å². The van der Waals surface area contributed by atoms with E-state index in [4.69, 9.17) is 0 Å². The van der Waals surface area contributed by atoms with Crippen LogP contribution in [0.2, 0.25) is 0 Å². The second-order valence-electron chi connectivity index (χ2n) is 5.52. The Labute approximate surface area is 95.5 Å². The topological polar surface area (TPSA) is 37.8 Å². The smallest absolute Gasteiger partial charge is 0.202 e. The summed E-state index contributed by atoms with van der Waals surface area (Å²) in [5, 5.41) is 4.33. The largest absolute Gasteiger partial charge is 0.360 e. The van der Waals surface area contributed by atoms with Gasteiger partial charge in [-0.2, -0.15) is 4.37 Å². The lowest BCUT2D eigenvalue weighted by Gasteiger charge is -2.04. The molecule has 0 spiro atoms. The number of nitrogens with zero attached hydrogens (tertiary/aromatic N) is 2. The van der Waals surface area contributed by atoms with Gasteiger partial charge in [0.25, 0.3) is 0 Å². The molecule has 4 heteroatoms. The molecule has 1 N–H and O–H groups in total. The van der Waals surface area contributed by atoms with Crippen molar-refractivity contribution in [3.05, 3.63) is 5.82 Å². The molecule has 84 valence electrons. The lowest BCUT2D eigenvalue weighted by atomic mass is 10.0. The van der Waals surface area contributed by atoms with Gasteiger partial charge in [0.2, 0.25) is 5.13 Å². The zero-order valence-electron chi connectivity index (χ0n) is 10.1. The molecule has 1 aromatic rings. The van der Waals surface area contributed by atoms with E-state index < -0.39 is 0 Å². The molecule has 0 aliphatic heterocycles. The van der Waals surface area contributed by atoms with Crippen LogP contribution in [0.3, 0.4) is 0 Å². The molecule has 0 bridgehead atoms. The average Bonchev–Trinajstić information content (AvgIpc) is 2.50. The van der Waals surface area contributed by atoms with Gasteiger partial charge in [0, 0.05) is 18.1 Å². The summed E-state index contributed by atoms with van der Waals surface area (Å²) in [4.78, 5) is 4.30. The summed E-state index contributed by atoms with van der Waals surface area (Å²) in [5.74, 6) is 1.59. The summed E-state index contributed by atoms with van der Waals surface area (Å²) in [6.45, 7) is 12.3. The number of rotatable bonds is 3. The van der Waals surface area contributed by atoms with Crippen molar-refractivity contribution in [1.29, 1.82) is 0 Å². The van der Waals surface area contributed by atoms with Crippen LogP contribution >= 0.6 is 11.5 Å². The van der Waals surface area contributed by atoms with Gasteiger partial charge in [-0.15, -0.1) is 0 Å². The van der Waals surface area contributed by atoms with E-state index in [1.165, 1.54) is 11.5 Å². The molecule has 3 nitrogen and oxygen atoms in total. The maximum Gasteiger partial charge on any atom is 0.202 e. The molecule has 15 heavy (non-hydrogen) atoms. The summed E-state index contributed by atoms with van der Waals surface area (Å²) >= 11 is 1.45. The van der Waals surface area contributed by atoms with E-state index in [2.05, 4.69) is 42.4 Å². The summed E-state index contributed by atoms with van der Waals surface area (Å²) in [6, 6.07) is 0. The Morgan fingerprint density at radius 1 is 1.27 bits per heavy atom. The van der Waals surface area contributed by atoms with Crippen LogP contribution < -0.4 is 5.32 Å². The fraction of sp³-hybridized carbons (Fsp3) is 0.818. The van der Waals surface area contributed by atoms with Crippen molar-refractivity contribution in [3.8, 4) is 0 Å². The van der Waals surface area contributed by atoms with Crippen LogP contribution in [0.4, 0.5) is 5.13 Å². The van der Waals surface area contributed by atoms with Crippen LogP contribution in [-0.4, -0.2) is 15.9 Å². The highest BCUT2D eigenvalue weighted by atomic mass is 32.1. The van der Waals surface area contributed by atoms with E-state index in [-0.39, 0.29) is 0 Å². The number of hydrogen-bond acceptors (Lipinski definition) is 4. The number of anilines is 1. The molecule has 0 atom stereocenters. The minimum absolute atomic E-state index is 0.444. The zero-order chi connectivity index (χ0) is 11.3. The normalized spacial score (nSPS) is 22.7. The highest BCUT2D eigenvalue weighted by Gasteiger charge is 2.64. The van der Waals surface area contributed by atoms with Crippen molar-refractivity contribution < 1.29 is 0 Å². The molecule has 0 unspecified atom stereocenters. The van der Waals surface area contributed by atoms with Crippen molar-refractivity contribution in [2.45, 2.75) is 34.6 Å². The van der Waals surface area contributed by atoms with Gasteiger partial charge in [0.1, 0.15) is 5.82 Å². The van der Waals surface area contributed by atoms with Crippen molar-refractivity contribution >= 4 is 16.7 Å². The van der Waals surface area contributed by atoms with E-state index in [9.17, 15) is 0 Å². The molecule has 0 radical (unpaired) electrons. The molecule has 0 saturated heterocycles. The highest BCUT2D eigenvalue weighted by molar-refractivity contribution is 7.09. The second kappa shape index (κ2) is 3.17. The van der Waals surface area contributed by atoms with Crippen molar-refractivity contribution in [2.24, 2.45) is 16.7 Å². The number of aryl methyl sites for hydroxylation is 1. The first-order valence-corrected chi connectivity index (χ1v) is 6.17. The first-order chi connectivity index (χ1) is 6.85. The number of aromatic nitrogens is 2. The third-order valence-electron chi connectivity index (χ3n) is 4.30. The van der Waals surface area contributed by atoms with Gasteiger partial charge in [-0.25, -0.2) is 4.98 Å². The number of nitrogens with one attached hydrogen (secondary N) is 1. The maximum atomic E-state index is 4.30. The third kappa shape index (κ3) is 1.65. The standard InChI is InChI=1S/C11H19N3S/c1-7-13-9(15-14-7)12-6-8-10(2,3)11(8,4)5/h8H,6H2,1-5H3,(H,12,13,14). The van der Waals surface area contributed by atoms with Crippen molar-refractivity contribution in [2.75, 3.05) is 11.9 Å². The Hall–Kier alpha value is -0.640. The highest BCUT2D eigenvalue weighted by Crippen LogP contribution is 2.68. The molecule has 1 heterocycles. The van der Waals surface area contributed by atoms with Gasteiger partial charge in [-0.3, -0.25) is 0 Å². The summed E-state index contributed by atoms with van der Waals surface area (Å²) in [6.07, 6.45) is 0. The monoisotopic (exact) mass is 225 g/mol. The van der Waals surface area contributed by atoms with Gasteiger partial charge in [-0.05, 0) is 23.7 Å². The molecule has 1 aliphatic rings. The van der Waals surface area contributed by atoms with Crippen molar-refractivity contribution in [1.82, 2.24) is 9.36 Å². The van der Waals surface area contributed by atoms with Crippen LogP contribution in [0, 0.1) is 23.7 Å². The van der Waals surface area contributed by atoms with Crippen LogP contribution in [0.5, 0.6) is 0 Å². The van der Waals surface area contributed by atoms with Crippen molar-refractivity contribution in [3.63, 3.8) is 0 Å². The molecular formula is C11H19N3S. The van der Waals surface area contributed by atoms with Crippen LogP contribution in [-0.2, 0) is 0 Å². The minimum atomic E-state index is 0.444. The molecular weight excluding hydrogens is 206 g/mol. The Morgan fingerprint density at radius 2 is 1.87 bits per heavy atom. The summed E-state index contributed by atoms with van der Waals surface area (Å²) in [5.41, 5.74) is 0.888. The molecule has 1 aliphatic carbocycles. The van der Waals surface area contributed by atoms with E-state index in [1.54, 1.807) is 0 Å². The molecule has 1 aromatic heterocycles. The zero-order valence-corrected chi connectivity index (χ0v) is 10.9. The Bertz CT molecular complexity index is 354. The molecule has 2 rings (SSSR count). The van der Waals surface area contributed by atoms with E-state index in [1.807, 2.05) is 6.92 Å². The third-order valence-corrected chi connectivity index (χ3v) is 5.07. The second-order valence-corrected chi connectivity index (χ2v) is 6.28. The minimum Gasteiger partial charge on any atom is -0.360 e. The Morgan fingerprint density at radius 3 is 2.27 bits per heavy atom. The van der Waals surface area contributed by atoms with Crippen LogP contribution in [0.1, 0.15) is 33.5 Å². The lowest BCUT2D eigenvalue weighted by molar-refractivity contribution is 0.457. The van der Waals surface area contributed by atoms with Gasteiger partial charge in [0.15, 0.2) is 0 Å². The Balaban J connectivity index is 1.91. The summed E-state index contributed by atoms with van der Waals surface area (Å²) in [7, 11) is 0. The maximum absolute atomic E-state index is 4.30. The first kappa shape index (κ1) is 10.9. The molecule has 0 aromatic carbocycles. The van der Waals surface area contributed by atoms with E-state index >= 15 is 0 Å². The predicted octanol–water partition coefficient (Wildman–Crippen LogP) is 2.94. The summed E-state index contributed by atoms with van der Waals surface area (Å²) < 4.78 is 4.16. The quantitative estimate of drug-likeness (QED) is 0.859. The first-order valence-electron chi connectivity index (χ1n) is 5.40. The van der Waals surface area contributed by atoms with Crippen LogP contribution in [0.25, 0.3) is 0 Å². The lowest BCUT2D eigenvalue weighted by Crippen LogP contribution is -2.07. The Kier molecular flexibility index (Phi) is 2.30. The predicted molar refractivity (Wildman–Crippen MR) is 64.2 cm³/mol. The van der Waals surface area contributed by atoms with E-state index in [0.717, 1.165) is 23.4 Å². The van der Waals surface area contributed by atoms with Gasteiger partial charge in [0.05, 0.1) is 0 Å². The average molecular weight is 225 g/mol. The fourth-order valence-corrected chi connectivity index (χ4v) is 2.98. The molecule has 1 fully saturated rings. The molecule has 0 amide bonds. The fourth-order valence-electron chi connectivity index (χ4n) is 2.40. The van der Waals surface area contributed by atoms with Gasteiger partial charge in [-0.1, -0.05) is 27.7 Å². The number of hydrogen-bond donors (Lipinski definition) is 1.